The van der Waals surface area contributed by atoms with E-state index in [0.717, 1.165) is 25.7 Å². The van der Waals surface area contributed by atoms with Gasteiger partial charge < -0.3 is 19.6 Å². The van der Waals surface area contributed by atoms with E-state index in [2.05, 4.69) is 20.1 Å². The number of ether oxygens (including phenoxy) is 1. The first-order valence-corrected chi connectivity index (χ1v) is 13.3. The average molecular weight is 493 g/mol. The Morgan fingerprint density at radius 3 is 2.68 bits per heavy atom. The molecule has 2 amide bonds. The molecule has 1 N–H and O–H groups in total. The molecule has 3 rings (SSSR count). The van der Waals surface area contributed by atoms with E-state index in [1.807, 2.05) is 6.92 Å². The summed E-state index contributed by atoms with van der Waals surface area (Å²) in [5.41, 5.74) is 0. The summed E-state index contributed by atoms with van der Waals surface area (Å²) >= 11 is 1.62. The van der Waals surface area contributed by atoms with Gasteiger partial charge in [0.2, 0.25) is 11.8 Å². The summed E-state index contributed by atoms with van der Waals surface area (Å²) in [5, 5.41) is 9.98. The maximum Gasteiger partial charge on any atom is 0.311 e. The highest BCUT2D eigenvalue weighted by atomic mass is 32.2. The van der Waals surface area contributed by atoms with Crippen LogP contribution in [-0.2, 0) is 19.1 Å². The zero-order valence-corrected chi connectivity index (χ0v) is 21.6. The number of rotatable bonds is 13. The molecule has 1 spiro atoms. The van der Waals surface area contributed by atoms with Crippen LogP contribution in [0.4, 0.5) is 0 Å². The molecule has 0 radical (unpaired) electrons. The smallest absolute Gasteiger partial charge is 0.311 e. The number of hydrogen-bond acceptors (Lipinski definition) is 6. The molecule has 3 aliphatic heterocycles. The van der Waals surface area contributed by atoms with Crippen molar-refractivity contribution in [2.75, 3.05) is 26.3 Å². The molecule has 0 saturated carbocycles. The highest BCUT2D eigenvalue weighted by Crippen LogP contribution is 2.71. The summed E-state index contributed by atoms with van der Waals surface area (Å²) < 4.78 is 4.40. The number of likely N-dealkylation sites (tertiary alicyclic amines) is 1. The lowest BCUT2D eigenvalue weighted by Gasteiger charge is -2.38. The molecule has 3 saturated heterocycles. The topological polar surface area (TPSA) is 87.1 Å². The molecule has 0 aromatic carbocycles. The Balaban J connectivity index is 2.00. The van der Waals surface area contributed by atoms with E-state index in [9.17, 15) is 19.5 Å². The van der Waals surface area contributed by atoms with Crippen LogP contribution in [0, 0.1) is 11.8 Å². The quantitative estimate of drug-likeness (QED) is 0.241. The first-order chi connectivity index (χ1) is 16.2. The molecule has 8 heteroatoms. The summed E-state index contributed by atoms with van der Waals surface area (Å²) in [4.78, 5) is 44.6. The van der Waals surface area contributed by atoms with E-state index < -0.39 is 33.4 Å². The van der Waals surface area contributed by atoms with E-state index in [1.54, 1.807) is 40.6 Å². The van der Waals surface area contributed by atoms with E-state index in [-0.39, 0.29) is 31.0 Å². The van der Waals surface area contributed by atoms with Gasteiger partial charge in [0.1, 0.15) is 6.04 Å². The highest BCUT2D eigenvalue weighted by Gasteiger charge is 2.78. The van der Waals surface area contributed by atoms with Crippen molar-refractivity contribution in [3.05, 3.63) is 25.3 Å². The van der Waals surface area contributed by atoms with Crippen LogP contribution in [0.15, 0.2) is 25.3 Å². The largest absolute Gasteiger partial charge is 0.465 e. The van der Waals surface area contributed by atoms with E-state index in [0.29, 0.717) is 25.9 Å². The van der Waals surface area contributed by atoms with Gasteiger partial charge in [0.25, 0.3) is 0 Å². The average Bonchev–Trinajstić information content (AvgIpc) is 3.38. The number of hydrogen-bond donors (Lipinski definition) is 1. The van der Waals surface area contributed by atoms with Crippen LogP contribution >= 0.6 is 11.8 Å². The number of aliphatic hydroxyl groups excluding tert-OH is 1. The molecule has 34 heavy (non-hydrogen) atoms. The van der Waals surface area contributed by atoms with Gasteiger partial charge in [0.15, 0.2) is 0 Å². The third-order valence-electron chi connectivity index (χ3n) is 7.70. The minimum absolute atomic E-state index is 0.107. The lowest BCUT2D eigenvalue weighted by atomic mass is 9.66. The van der Waals surface area contributed by atoms with Crippen molar-refractivity contribution in [3.8, 4) is 0 Å². The monoisotopic (exact) mass is 492 g/mol. The van der Waals surface area contributed by atoms with Gasteiger partial charge in [-0.25, -0.2) is 0 Å². The number of fused-ring (bicyclic) bond motifs is 1. The summed E-state index contributed by atoms with van der Waals surface area (Å²) in [6, 6.07) is -1.24. The van der Waals surface area contributed by atoms with Crippen LogP contribution in [-0.4, -0.2) is 80.6 Å². The number of esters is 1. The molecule has 0 aromatic heterocycles. The van der Waals surface area contributed by atoms with Crippen molar-refractivity contribution in [3.63, 3.8) is 0 Å². The van der Waals surface area contributed by atoms with E-state index in [1.165, 1.54) is 0 Å². The highest BCUT2D eigenvalue weighted by molar-refractivity contribution is 8.02. The number of thioether (sulfide) groups is 1. The van der Waals surface area contributed by atoms with Gasteiger partial charge in [0.05, 0.1) is 35.8 Å². The Bertz CT molecular complexity index is 819. The minimum Gasteiger partial charge on any atom is -0.465 e. The Hall–Kier alpha value is -1.80. The summed E-state index contributed by atoms with van der Waals surface area (Å²) in [7, 11) is 0. The maximum absolute atomic E-state index is 14.1. The SMILES string of the molecule is C=CCCOC(=O)[C@@H]1[C@H]2C(=O)N([C@H](C)CO)C(C(=O)N(CC=C)CCCCC)C23CC[C@@]1(C)S3. The fourth-order valence-corrected chi connectivity index (χ4v) is 8.39. The molecule has 3 fully saturated rings. The summed E-state index contributed by atoms with van der Waals surface area (Å²) in [6.07, 6.45) is 8.33. The molecule has 3 heterocycles. The Labute approximate surface area is 208 Å². The van der Waals surface area contributed by atoms with Crippen molar-refractivity contribution in [1.29, 1.82) is 0 Å². The van der Waals surface area contributed by atoms with Crippen molar-refractivity contribution < 1.29 is 24.2 Å². The second-order valence-corrected chi connectivity index (χ2v) is 11.9. The zero-order chi connectivity index (χ0) is 25.1. The van der Waals surface area contributed by atoms with Crippen LogP contribution < -0.4 is 0 Å². The van der Waals surface area contributed by atoms with Crippen LogP contribution in [0.5, 0.6) is 0 Å². The molecule has 2 unspecified atom stereocenters. The minimum atomic E-state index is -0.716. The molecular weight excluding hydrogens is 452 g/mol. The third-order valence-corrected chi connectivity index (χ3v) is 9.69. The molecule has 3 aliphatic rings. The Kier molecular flexibility index (Phi) is 8.56. The number of unbranched alkanes of at least 4 members (excludes halogenated alkanes) is 2. The lowest BCUT2D eigenvalue weighted by molar-refractivity contribution is -0.156. The standard InChI is InChI=1S/C26H40N2O5S/c1-6-9-11-15-27(14-8-3)23(31)21-26-13-12-25(5,34-26)20(24(32)33-16-10-7-2)19(26)22(30)28(21)18(4)17-29/h7-8,18-21,29H,2-3,6,9-17H2,1,4-5H3/t18-,19+,20+,21?,25-,26?/m1/s1. The van der Waals surface area contributed by atoms with Gasteiger partial charge in [-0.05, 0) is 39.5 Å². The van der Waals surface area contributed by atoms with Gasteiger partial charge in [-0.15, -0.1) is 24.9 Å². The Morgan fingerprint density at radius 1 is 1.32 bits per heavy atom. The first kappa shape index (κ1) is 26.8. The predicted octanol–water partition coefficient (Wildman–Crippen LogP) is 3.17. The van der Waals surface area contributed by atoms with Crippen molar-refractivity contribution >= 4 is 29.5 Å². The predicted molar refractivity (Wildman–Crippen MR) is 134 cm³/mol. The van der Waals surface area contributed by atoms with Gasteiger partial charge in [-0.1, -0.05) is 31.9 Å². The lowest BCUT2D eigenvalue weighted by Crippen LogP contribution is -2.57. The maximum atomic E-state index is 14.1. The van der Waals surface area contributed by atoms with Crippen LogP contribution in [0.2, 0.25) is 0 Å². The number of aliphatic hydroxyl groups is 1. The van der Waals surface area contributed by atoms with Crippen LogP contribution in [0.1, 0.15) is 59.3 Å². The molecule has 0 aliphatic carbocycles. The van der Waals surface area contributed by atoms with Crippen molar-refractivity contribution in [1.82, 2.24) is 9.80 Å². The number of carbonyl (C=O) groups excluding carboxylic acids is 3. The van der Waals surface area contributed by atoms with Crippen molar-refractivity contribution in [2.45, 2.75) is 80.9 Å². The van der Waals surface area contributed by atoms with Crippen molar-refractivity contribution in [2.24, 2.45) is 11.8 Å². The fourth-order valence-electron chi connectivity index (χ4n) is 6.07. The van der Waals surface area contributed by atoms with Crippen LogP contribution in [0.3, 0.4) is 0 Å². The molecule has 7 nitrogen and oxygen atoms in total. The molecule has 6 atom stereocenters. The molecule has 2 bridgehead atoms. The number of carbonyl (C=O) groups is 3. The van der Waals surface area contributed by atoms with E-state index >= 15 is 0 Å². The Morgan fingerprint density at radius 2 is 2.06 bits per heavy atom. The fraction of sp³-hybridized carbons (Fsp3) is 0.731. The third kappa shape index (κ3) is 4.43. The second kappa shape index (κ2) is 10.9. The van der Waals surface area contributed by atoms with Gasteiger partial charge in [0, 0.05) is 17.8 Å². The molecule has 190 valence electrons. The number of amides is 2. The zero-order valence-electron chi connectivity index (χ0n) is 20.8. The van der Waals surface area contributed by atoms with Gasteiger partial charge in [-0.3, -0.25) is 14.4 Å². The normalized spacial score (nSPS) is 32.4. The van der Waals surface area contributed by atoms with E-state index in [4.69, 9.17) is 4.74 Å². The van der Waals surface area contributed by atoms with Gasteiger partial charge >= 0.3 is 5.97 Å². The second-order valence-electron chi connectivity index (χ2n) is 10.0. The molecule has 0 aromatic rings. The number of nitrogens with zero attached hydrogens (tertiary/aromatic N) is 2. The van der Waals surface area contributed by atoms with Gasteiger partial charge in [-0.2, -0.15) is 0 Å². The summed E-state index contributed by atoms with van der Waals surface area (Å²) in [6.45, 7) is 14.4. The van der Waals surface area contributed by atoms with Crippen LogP contribution in [0.25, 0.3) is 0 Å². The first-order valence-electron chi connectivity index (χ1n) is 12.5. The summed E-state index contributed by atoms with van der Waals surface area (Å²) in [5.74, 6) is -1.93. The molecular formula is C26H40N2O5S.